The van der Waals surface area contributed by atoms with Gasteiger partial charge in [-0.05, 0) is 31.0 Å². The topological polar surface area (TPSA) is 71.5 Å². The van der Waals surface area contributed by atoms with Crippen LogP contribution in [0.2, 0.25) is 0 Å². The number of nitrogens with zero attached hydrogens (tertiary/aromatic N) is 1. The van der Waals surface area contributed by atoms with Crippen LogP contribution in [0.15, 0.2) is 18.3 Å². The predicted molar refractivity (Wildman–Crippen MR) is 73.2 cm³/mol. The van der Waals surface area contributed by atoms with Gasteiger partial charge in [0.1, 0.15) is 0 Å². The van der Waals surface area contributed by atoms with Crippen molar-refractivity contribution in [3.05, 3.63) is 29.6 Å². The average molecular weight is 266 g/mol. The number of hydrogen-bond donors (Lipinski definition) is 2. The number of carbonyl (C=O) groups is 1. The van der Waals surface area contributed by atoms with Gasteiger partial charge < -0.3 is 15.2 Å². The van der Waals surface area contributed by atoms with Crippen LogP contribution < -0.4 is 5.32 Å². The molecule has 5 nitrogen and oxygen atoms in total. The summed E-state index contributed by atoms with van der Waals surface area (Å²) in [5.74, 6) is -0.384. The molecule has 0 radical (unpaired) electrons. The Morgan fingerprint density at radius 3 is 3.00 bits per heavy atom. The zero-order chi connectivity index (χ0) is 14.1. The lowest BCUT2D eigenvalue weighted by Gasteiger charge is -2.08. The van der Waals surface area contributed by atoms with Crippen LogP contribution >= 0.6 is 0 Å². The molecule has 19 heavy (non-hydrogen) atoms. The van der Waals surface area contributed by atoms with Crippen LogP contribution in [-0.4, -0.2) is 35.8 Å². The molecular formula is C14H22N2O3. The Kier molecular flexibility index (Phi) is 7.07. The maximum absolute atomic E-state index is 11.0. The second kappa shape index (κ2) is 8.61. The highest BCUT2D eigenvalue weighted by atomic mass is 16.5. The molecule has 5 heteroatoms. The van der Waals surface area contributed by atoms with Crippen LogP contribution in [0.3, 0.4) is 0 Å². The maximum Gasteiger partial charge on any atom is 0.337 e. The van der Waals surface area contributed by atoms with Gasteiger partial charge >= 0.3 is 5.97 Å². The van der Waals surface area contributed by atoms with E-state index in [1.54, 1.807) is 18.3 Å². The van der Waals surface area contributed by atoms with Crippen molar-refractivity contribution in [2.24, 2.45) is 5.92 Å². The average Bonchev–Trinajstić information content (AvgIpc) is 2.37. The summed E-state index contributed by atoms with van der Waals surface area (Å²) in [5, 5.41) is 12.2. The summed E-state index contributed by atoms with van der Waals surface area (Å²) in [7, 11) is 0. The van der Waals surface area contributed by atoms with Gasteiger partial charge in [-0.25, -0.2) is 4.79 Å². The minimum absolute atomic E-state index is 0.256. The van der Waals surface area contributed by atoms with E-state index in [0.717, 1.165) is 26.2 Å². The Morgan fingerprint density at radius 1 is 1.53 bits per heavy atom. The molecule has 0 saturated heterocycles. The van der Waals surface area contributed by atoms with Gasteiger partial charge in [-0.1, -0.05) is 13.8 Å². The number of carboxylic acids is 1. The highest BCUT2D eigenvalue weighted by Crippen LogP contribution is 2.04. The maximum atomic E-state index is 11.0. The summed E-state index contributed by atoms with van der Waals surface area (Å²) in [4.78, 5) is 15.1. The van der Waals surface area contributed by atoms with E-state index in [4.69, 9.17) is 9.84 Å². The third-order valence-electron chi connectivity index (χ3n) is 2.51. The van der Waals surface area contributed by atoms with Gasteiger partial charge in [0, 0.05) is 26.0 Å². The van der Waals surface area contributed by atoms with Crippen molar-refractivity contribution in [1.29, 1.82) is 0 Å². The first kappa shape index (κ1) is 15.6. The number of ether oxygens (including phenoxy) is 1. The predicted octanol–water partition coefficient (Wildman–Crippen LogP) is 1.93. The van der Waals surface area contributed by atoms with Gasteiger partial charge in [-0.2, -0.15) is 0 Å². The summed E-state index contributed by atoms with van der Waals surface area (Å²) < 4.78 is 5.46. The summed E-state index contributed by atoms with van der Waals surface area (Å²) in [6, 6.07) is 3.20. The first-order valence-corrected chi connectivity index (χ1v) is 6.57. The van der Waals surface area contributed by atoms with Gasteiger partial charge in [0.25, 0.3) is 0 Å². The Labute approximate surface area is 114 Å². The summed E-state index contributed by atoms with van der Waals surface area (Å²) in [5.41, 5.74) is 0.823. The lowest BCUT2D eigenvalue weighted by molar-refractivity contribution is 0.0695. The van der Waals surface area contributed by atoms with Crippen LogP contribution in [-0.2, 0) is 11.3 Å². The zero-order valence-corrected chi connectivity index (χ0v) is 11.6. The molecule has 0 aliphatic rings. The molecule has 0 aromatic carbocycles. The highest BCUT2D eigenvalue weighted by Gasteiger charge is 2.09. The number of rotatable bonds is 9. The molecule has 0 spiro atoms. The lowest BCUT2D eigenvalue weighted by Crippen LogP contribution is -2.19. The third kappa shape index (κ3) is 6.31. The molecule has 0 aliphatic carbocycles. The second-order valence-corrected chi connectivity index (χ2v) is 4.80. The molecule has 2 N–H and O–H groups in total. The molecule has 1 aromatic rings. The molecule has 0 bridgehead atoms. The van der Waals surface area contributed by atoms with Crippen molar-refractivity contribution < 1.29 is 14.6 Å². The number of nitrogens with one attached hydrogen (secondary N) is 1. The Bertz CT molecular complexity index is 394. The molecule has 0 saturated carbocycles. The van der Waals surface area contributed by atoms with E-state index in [2.05, 4.69) is 24.1 Å². The van der Waals surface area contributed by atoms with E-state index in [1.165, 1.54) is 0 Å². The molecule has 1 aromatic heterocycles. The monoisotopic (exact) mass is 266 g/mol. The minimum atomic E-state index is -0.940. The first-order chi connectivity index (χ1) is 9.11. The van der Waals surface area contributed by atoms with E-state index in [0.29, 0.717) is 18.2 Å². The highest BCUT2D eigenvalue weighted by molar-refractivity contribution is 5.88. The number of carboxylic acid groups (broad SMARTS) is 1. The normalized spacial score (nSPS) is 10.9. The van der Waals surface area contributed by atoms with Crippen molar-refractivity contribution in [1.82, 2.24) is 10.3 Å². The summed E-state index contributed by atoms with van der Waals surface area (Å²) >= 11 is 0. The van der Waals surface area contributed by atoms with E-state index in [9.17, 15) is 4.79 Å². The third-order valence-corrected chi connectivity index (χ3v) is 2.51. The van der Waals surface area contributed by atoms with Crippen molar-refractivity contribution in [3.8, 4) is 0 Å². The van der Waals surface area contributed by atoms with Crippen LogP contribution in [0.4, 0.5) is 0 Å². The van der Waals surface area contributed by atoms with Crippen LogP contribution in [0.1, 0.15) is 36.3 Å². The largest absolute Gasteiger partial charge is 0.478 e. The standard InChI is InChI=1S/C14H22N2O3/c1-11(2)10-19-8-4-6-15-9-13-12(14(17)18)5-3-7-16-13/h3,5,7,11,15H,4,6,8-10H2,1-2H3,(H,17,18). The fourth-order valence-corrected chi connectivity index (χ4v) is 1.60. The summed E-state index contributed by atoms with van der Waals surface area (Å²) in [6.07, 6.45) is 2.51. The molecule has 0 amide bonds. The fourth-order valence-electron chi connectivity index (χ4n) is 1.60. The molecule has 0 fully saturated rings. The number of pyridine rings is 1. The molecule has 0 aliphatic heterocycles. The number of hydrogen-bond acceptors (Lipinski definition) is 4. The molecule has 0 unspecified atom stereocenters. The SMILES string of the molecule is CC(C)COCCCNCc1ncccc1C(=O)O. The number of aromatic carboxylic acids is 1. The Hall–Kier alpha value is -1.46. The fraction of sp³-hybridized carbons (Fsp3) is 0.571. The molecule has 1 rings (SSSR count). The zero-order valence-electron chi connectivity index (χ0n) is 11.6. The van der Waals surface area contributed by atoms with Crippen molar-refractivity contribution in [2.45, 2.75) is 26.8 Å². The smallest absolute Gasteiger partial charge is 0.337 e. The Morgan fingerprint density at radius 2 is 2.32 bits per heavy atom. The molecule has 106 valence electrons. The molecule has 0 atom stereocenters. The minimum Gasteiger partial charge on any atom is -0.478 e. The van der Waals surface area contributed by atoms with Crippen molar-refractivity contribution in [3.63, 3.8) is 0 Å². The van der Waals surface area contributed by atoms with Crippen LogP contribution in [0.5, 0.6) is 0 Å². The van der Waals surface area contributed by atoms with E-state index in [1.807, 2.05) is 0 Å². The van der Waals surface area contributed by atoms with E-state index < -0.39 is 5.97 Å². The van der Waals surface area contributed by atoms with Gasteiger partial charge in [0.05, 0.1) is 11.3 Å². The van der Waals surface area contributed by atoms with Gasteiger partial charge in [0.2, 0.25) is 0 Å². The van der Waals surface area contributed by atoms with Crippen LogP contribution in [0.25, 0.3) is 0 Å². The molecular weight excluding hydrogens is 244 g/mol. The quantitative estimate of drug-likeness (QED) is 0.668. The van der Waals surface area contributed by atoms with Crippen LogP contribution in [0, 0.1) is 5.92 Å². The van der Waals surface area contributed by atoms with E-state index in [-0.39, 0.29) is 5.56 Å². The van der Waals surface area contributed by atoms with E-state index >= 15 is 0 Å². The van der Waals surface area contributed by atoms with Gasteiger partial charge in [-0.3, -0.25) is 4.98 Å². The second-order valence-electron chi connectivity index (χ2n) is 4.80. The summed E-state index contributed by atoms with van der Waals surface area (Å²) in [6.45, 7) is 6.99. The first-order valence-electron chi connectivity index (χ1n) is 6.57. The Balaban J connectivity index is 2.21. The van der Waals surface area contributed by atoms with Crippen molar-refractivity contribution >= 4 is 5.97 Å². The lowest BCUT2D eigenvalue weighted by atomic mass is 10.2. The van der Waals surface area contributed by atoms with Gasteiger partial charge in [-0.15, -0.1) is 0 Å². The number of aromatic nitrogens is 1. The van der Waals surface area contributed by atoms with Gasteiger partial charge in [0.15, 0.2) is 0 Å². The molecule has 1 heterocycles. The van der Waals surface area contributed by atoms with Crippen molar-refractivity contribution in [2.75, 3.05) is 19.8 Å².